The van der Waals surface area contributed by atoms with E-state index in [1.165, 1.54) is 16.6 Å². The molecule has 0 aliphatic carbocycles. The SMILES string of the molecule is COCCN(C(=O)Cc1ccc2ccccc2c1)c1c(N)n(Cc2ccccc2)c(=O)[nH]c1=O. The fourth-order valence-corrected chi connectivity index (χ4v) is 3.92. The van der Waals surface area contributed by atoms with Crippen molar-refractivity contribution in [2.45, 2.75) is 13.0 Å². The third kappa shape index (κ3) is 4.92. The molecular weight excluding hydrogens is 432 g/mol. The number of hydrogen-bond donors (Lipinski definition) is 2. The molecule has 0 saturated carbocycles. The van der Waals surface area contributed by atoms with E-state index >= 15 is 0 Å². The van der Waals surface area contributed by atoms with Crippen molar-refractivity contribution in [2.24, 2.45) is 0 Å². The van der Waals surface area contributed by atoms with E-state index in [0.717, 1.165) is 21.9 Å². The highest BCUT2D eigenvalue weighted by Crippen LogP contribution is 2.21. The number of carbonyl (C=O) groups is 1. The van der Waals surface area contributed by atoms with E-state index in [9.17, 15) is 14.4 Å². The lowest BCUT2D eigenvalue weighted by atomic mass is 10.0. The van der Waals surface area contributed by atoms with Gasteiger partial charge in [-0.25, -0.2) is 4.79 Å². The van der Waals surface area contributed by atoms with E-state index < -0.39 is 11.2 Å². The molecule has 174 valence electrons. The highest BCUT2D eigenvalue weighted by atomic mass is 16.5. The number of rotatable bonds is 8. The maximum atomic E-state index is 13.4. The van der Waals surface area contributed by atoms with Gasteiger partial charge < -0.3 is 15.4 Å². The van der Waals surface area contributed by atoms with Crippen LogP contribution < -0.4 is 21.9 Å². The van der Waals surface area contributed by atoms with Crippen molar-refractivity contribution in [1.29, 1.82) is 0 Å². The number of anilines is 2. The summed E-state index contributed by atoms with van der Waals surface area (Å²) in [6.07, 6.45) is 0.0608. The molecule has 1 heterocycles. The quantitative estimate of drug-likeness (QED) is 0.422. The molecule has 3 N–H and O–H groups in total. The Kier molecular flexibility index (Phi) is 6.89. The minimum absolute atomic E-state index is 0.0571. The summed E-state index contributed by atoms with van der Waals surface area (Å²) in [6.45, 7) is 0.464. The number of nitrogens with zero attached hydrogens (tertiary/aromatic N) is 2. The van der Waals surface area contributed by atoms with Gasteiger partial charge in [0.05, 0.1) is 19.6 Å². The van der Waals surface area contributed by atoms with E-state index in [1.807, 2.05) is 72.8 Å². The van der Waals surface area contributed by atoms with Gasteiger partial charge in [0.1, 0.15) is 5.82 Å². The van der Waals surface area contributed by atoms with Gasteiger partial charge >= 0.3 is 5.69 Å². The van der Waals surface area contributed by atoms with E-state index in [-0.39, 0.29) is 43.5 Å². The number of benzene rings is 3. The van der Waals surface area contributed by atoms with E-state index in [2.05, 4.69) is 4.98 Å². The molecular formula is C26H26N4O4. The second kappa shape index (κ2) is 10.2. The number of carbonyl (C=O) groups excluding carboxylic acids is 1. The summed E-state index contributed by atoms with van der Waals surface area (Å²) in [5.41, 5.74) is 6.55. The molecule has 4 rings (SSSR count). The van der Waals surface area contributed by atoms with Gasteiger partial charge in [0, 0.05) is 13.7 Å². The Morgan fingerprint density at radius 2 is 1.68 bits per heavy atom. The molecule has 0 fully saturated rings. The molecule has 0 radical (unpaired) electrons. The van der Waals surface area contributed by atoms with Gasteiger partial charge in [0.15, 0.2) is 5.69 Å². The summed E-state index contributed by atoms with van der Waals surface area (Å²) in [6, 6.07) is 22.9. The van der Waals surface area contributed by atoms with Crippen LogP contribution in [-0.4, -0.2) is 35.7 Å². The molecule has 8 heteroatoms. The second-order valence-electron chi connectivity index (χ2n) is 7.96. The summed E-state index contributed by atoms with van der Waals surface area (Å²) in [5.74, 6) is -0.394. The number of nitrogens with two attached hydrogens (primary N) is 1. The molecule has 3 aromatic carbocycles. The Labute approximate surface area is 196 Å². The van der Waals surface area contributed by atoms with E-state index in [0.29, 0.717) is 0 Å². The Morgan fingerprint density at radius 3 is 2.41 bits per heavy atom. The molecule has 1 aromatic heterocycles. The van der Waals surface area contributed by atoms with Crippen LogP contribution in [-0.2, 0) is 22.5 Å². The smallest absolute Gasteiger partial charge is 0.330 e. The van der Waals surface area contributed by atoms with Crippen LogP contribution in [0.5, 0.6) is 0 Å². The Morgan fingerprint density at radius 1 is 0.971 bits per heavy atom. The molecule has 0 bridgehead atoms. The molecule has 0 unspecified atom stereocenters. The molecule has 0 aliphatic heterocycles. The zero-order valence-corrected chi connectivity index (χ0v) is 18.9. The van der Waals surface area contributed by atoms with Crippen LogP contribution in [0.2, 0.25) is 0 Å². The highest BCUT2D eigenvalue weighted by Gasteiger charge is 2.24. The zero-order chi connectivity index (χ0) is 24.1. The largest absolute Gasteiger partial charge is 0.383 e. The third-order valence-corrected chi connectivity index (χ3v) is 5.66. The number of ether oxygens (including phenoxy) is 1. The standard InChI is InChI=1S/C26H26N4O4/c1-34-14-13-29(22(31)16-19-11-12-20-9-5-6-10-21(20)15-19)23-24(27)30(26(33)28-25(23)32)17-18-7-3-2-4-8-18/h2-12,15H,13-14,16-17,27H2,1H3,(H,28,32,33). The molecule has 0 saturated heterocycles. The summed E-state index contributed by atoms with van der Waals surface area (Å²) in [4.78, 5) is 42.4. The number of H-pyrrole nitrogens is 1. The van der Waals surface area contributed by atoms with Gasteiger partial charge in [-0.3, -0.25) is 19.1 Å². The monoisotopic (exact) mass is 458 g/mol. The number of aromatic nitrogens is 2. The first kappa shape index (κ1) is 23.0. The van der Waals surface area contributed by atoms with Crippen molar-refractivity contribution in [3.8, 4) is 0 Å². The first-order chi connectivity index (χ1) is 16.5. The molecule has 4 aromatic rings. The number of methoxy groups -OCH3 is 1. The third-order valence-electron chi connectivity index (χ3n) is 5.66. The molecule has 0 aliphatic rings. The van der Waals surface area contributed by atoms with Gasteiger partial charge in [-0.2, -0.15) is 0 Å². The number of nitrogens with one attached hydrogen (secondary N) is 1. The fraction of sp³-hybridized carbons (Fsp3) is 0.192. The lowest BCUT2D eigenvalue weighted by molar-refractivity contribution is -0.118. The van der Waals surface area contributed by atoms with Crippen LogP contribution in [0.4, 0.5) is 11.5 Å². The topological polar surface area (TPSA) is 110 Å². The number of hydrogen-bond acceptors (Lipinski definition) is 5. The maximum Gasteiger partial charge on any atom is 0.330 e. The highest BCUT2D eigenvalue weighted by molar-refractivity contribution is 5.97. The molecule has 0 atom stereocenters. The molecule has 0 spiro atoms. The number of aromatic amines is 1. The molecule has 8 nitrogen and oxygen atoms in total. The average molecular weight is 459 g/mol. The van der Waals surface area contributed by atoms with Crippen molar-refractivity contribution >= 4 is 28.2 Å². The lowest BCUT2D eigenvalue weighted by Crippen LogP contribution is -2.43. The van der Waals surface area contributed by atoms with Gasteiger partial charge in [-0.15, -0.1) is 0 Å². The summed E-state index contributed by atoms with van der Waals surface area (Å²) >= 11 is 0. The minimum Gasteiger partial charge on any atom is -0.383 e. The summed E-state index contributed by atoms with van der Waals surface area (Å²) in [5, 5.41) is 2.09. The van der Waals surface area contributed by atoms with Crippen LogP contribution in [0.3, 0.4) is 0 Å². The predicted molar refractivity (Wildman–Crippen MR) is 133 cm³/mol. The van der Waals surface area contributed by atoms with Crippen LogP contribution in [0.15, 0.2) is 82.4 Å². The Hall–Kier alpha value is -4.17. The van der Waals surface area contributed by atoms with Crippen molar-refractivity contribution in [2.75, 3.05) is 30.9 Å². The van der Waals surface area contributed by atoms with Gasteiger partial charge in [-0.1, -0.05) is 72.8 Å². The van der Waals surface area contributed by atoms with Crippen LogP contribution >= 0.6 is 0 Å². The predicted octanol–water partition coefficient (Wildman–Crippen LogP) is 2.54. The average Bonchev–Trinajstić information content (AvgIpc) is 2.84. The van der Waals surface area contributed by atoms with Gasteiger partial charge in [0.25, 0.3) is 5.56 Å². The van der Waals surface area contributed by atoms with Crippen LogP contribution in [0.25, 0.3) is 10.8 Å². The molecule has 1 amide bonds. The van der Waals surface area contributed by atoms with Crippen LogP contribution in [0.1, 0.15) is 11.1 Å². The van der Waals surface area contributed by atoms with Crippen molar-refractivity contribution in [3.63, 3.8) is 0 Å². The number of fused-ring (bicyclic) bond motifs is 1. The fourth-order valence-electron chi connectivity index (χ4n) is 3.92. The minimum atomic E-state index is -0.713. The lowest BCUT2D eigenvalue weighted by Gasteiger charge is -2.24. The van der Waals surface area contributed by atoms with Crippen molar-refractivity contribution in [1.82, 2.24) is 9.55 Å². The normalized spacial score (nSPS) is 11.0. The van der Waals surface area contributed by atoms with Crippen LogP contribution in [0, 0.1) is 0 Å². The number of nitrogen functional groups attached to an aromatic ring is 1. The Balaban J connectivity index is 1.71. The second-order valence-corrected chi connectivity index (χ2v) is 7.96. The van der Waals surface area contributed by atoms with Gasteiger partial charge in [-0.05, 0) is 21.9 Å². The van der Waals surface area contributed by atoms with Crippen molar-refractivity contribution in [3.05, 3.63) is 105 Å². The van der Waals surface area contributed by atoms with E-state index in [1.54, 1.807) is 0 Å². The molecule has 34 heavy (non-hydrogen) atoms. The maximum absolute atomic E-state index is 13.4. The van der Waals surface area contributed by atoms with Gasteiger partial charge in [0.2, 0.25) is 5.91 Å². The summed E-state index contributed by atoms with van der Waals surface area (Å²) in [7, 11) is 1.51. The zero-order valence-electron chi connectivity index (χ0n) is 18.9. The Bertz CT molecular complexity index is 1430. The summed E-state index contributed by atoms with van der Waals surface area (Å²) < 4.78 is 6.42. The first-order valence-corrected chi connectivity index (χ1v) is 10.9. The number of amides is 1. The van der Waals surface area contributed by atoms with E-state index in [4.69, 9.17) is 10.5 Å². The van der Waals surface area contributed by atoms with Crippen molar-refractivity contribution < 1.29 is 9.53 Å². The first-order valence-electron chi connectivity index (χ1n) is 10.9.